The van der Waals surface area contributed by atoms with Crippen LogP contribution < -0.4 is 15.8 Å². The highest BCUT2D eigenvalue weighted by molar-refractivity contribution is 5.71. The van der Waals surface area contributed by atoms with E-state index in [1.165, 1.54) is 0 Å². The van der Waals surface area contributed by atoms with Crippen molar-refractivity contribution in [3.63, 3.8) is 0 Å². The molecule has 126 valence electrons. The summed E-state index contributed by atoms with van der Waals surface area (Å²) < 4.78 is 5.57. The van der Waals surface area contributed by atoms with Gasteiger partial charge in [0.2, 0.25) is 0 Å². The molecular formula is C19H28N2O2. The maximum Gasteiger partial charge on any atom is 0.412 e. The maximum atomic E-state index is 12.3. The Kier molecular flexibility index (Phi) is 5.83. The first kappa shape index (κ1) is 17.5. The van der Waals surface area contributed by atoms with Crippen molar-refractivity contribution in [3.05, 3.63) is 42.0 Å². The molecule has 0 spiro atoms. The predicted octanol–water partition coefficient (Wildman–Crippen LogP) is 3.90. The van der Waals surface area contributed by atoms with Crippen LogP contribution in [0.25, 0.3) is 0 Å². The van der Waals surface area contributed by atoms with Crippen LogP contribution in [0.4, 0.5) is 4.79 Å². The number of hydrogen-bond donors (Lipinski definition) is 2. The molecule has 2 atom stereocenters. The van der Waals surface area contributed by atoms with Crippen molar-refractivity contribution in [2.75, 3.05) is 0 Å². The quantitative estimate of drug-likeness (QED) is 0.813. The molecule has 1 aromatic rings. The number of nitrogens with two attached hydrogens (primary N) is 1. The molecule has 23 heavy (non-hydrogen) atoms. The zero-order chi connectivity index (χ0) is 16.9. The van der Waals surface area contributed by atoms with Gasteiger partial charge in [0.15, 0.2) is 0 Å². The standard InChI is InChI=1S/C19H28N2O2/c1-19(2,3)14-10-8-9-13-17(14)23-18(22)21-16-12-7-5-4-6-11-15(16)20/h4-5,8-10,13,15-16H,6-7,11-12,20H2,1-3H3,(H,21,22). The number of carbonyl (C=O) groups is 1. The van der Waals surface area contributed by atoms with E-state index in [0.717, 1.165) is 31.2 Å². The molecule has 0 heterocycles. The number of amides is 1. The van der Waals surface area contributed by atoms with Crippen molar-refractivity contribution in [2.24, 2.45) is 5.73 Å². The highest BCUT2D eigenvalue weighted by Crippen LogP contribution is 2.31. The second kappa shape index (κ2) is 7.64. The zero-order valence-corrected chi connectivity index (χ0v) is 14.3. The maximum absolute atomic E-state index is 12.3. The minimum absolute atomic E-state index is 0.0367. The van der Waals surface area contributed by atoms with E-state index in [4.69, 9.17) is 10.5 Å². The lowest BCUT2D eigenvalue weighted by atomic mass is 9.86. The van der Waals surface area contributed by atoms with Gasteiger partial charge in [-0.25, -0.2) is 4.79 Å². The number of ether oxygens (including phenoxy) is 1. The highest BCUT2D eigenvalue weighted by Gasteiger charge is 2.23. The number of allylic oxidation sites excluding steroid dienone is 2. The van der Waals surface area contributed by atoms with E-state index in [1.54, 1.807) is 0 Å². The van der Waals surface area contributed by atoms with Crippen LogP contribution in [-0.4, -0.2) is 18.2 Å². The number of carbonyl (C=O) groups excluding carboxylic acids is 1. The SMILES string of the molecule is CC(C)(C)c1ccccc1OC(=O)NC1CCC=CCCC1N. The Morgan fingerprint density at radius 1 is 1.17 bits per heavy atom. The van der Waals surface area contributed by atoms with Crippen LogP contribution in [0.5, 0.6) is 5.75 Å². The minimum Gasteiger partial charge on any atom is -0.410 e. The normalized spacial score (nSPS) is 22.1. The molecule has 0 bridgehead atoms. The van der Waals surface area contributed by atoms with E-state index in [1.807, 2.05) is 24.3 Å². The molecule has 4 nitrogen and oxygen atoms in total. The third kappa shape index (κ3) is 5.10. The van der Waals surface area contributed by atoms with Crippen molar-refractivity contribution < 1.29 is 9.53 Å². The van der Waals surface area contributed by atoms with Crippen LogP contribution in [0.1, 0.15) is 52.0 Å². The Labute approximate surface area is 139 Å². The fraction of sp³-hybridized carbons (Fsp3) is 0.526. The largest absolute Gasteiger partial charge is 0.412 e. The lowest BCUT2D eigenvalue weighted by molar-refractivity contribution is 0.191. The van der Waals surface area contributed by atoms with E-state index < -0.39 is 6.09 Å². The second-order valence-electron chi connectivity index (χ2n) is 7.18. The summed E-state index contributed by atoms with van der Waals surface area (Å²) in [4.78, 5) is 12.3. The number of benzene rings is 1. The van der Waals surface area contributed by atoms with Crippen molar-refractivity contribution in [1.82, 2.24) is 5.32 Å². The summed E-state index contributed by atoms with van der Waals surface area (Å²) in [5.74, 6) is 0.608. The first-order valence-corrected chi connectivity index (χ1v) is 8.36. The Bertz CT molecular complexity index is 561. The Morgan fingerprint density at radius 2 is 1.83 bits per heavy atom. The molecule has 1 aliphatic carbocycles. The summed E-state index contributed by atoms with van der Waals surface area (Å²) in [6.45, 7) is 6.30. The molecule has 0 aromatic heterocycles. The van der Waals surface area contributed by atoms with E-state index in [2.05, 4.69) is 38.2 Å². The van der Waals surface area contributed by atoms with Crippen molar-refractivity contribution >= 4 is 6.09 Å². The third-order valence-electron chi connectivity index (χ3n) is 4.20. The molecule has 0 radical (unpaired) electrons. The molecule has 1 aliphatic rings. The van der Waals surface area contributed by atoms with Gasteiger partial charge in [-0.15, -0.1) is 0 Å². The summed E-state index contributed by atoms with van der Waals surface area (Å²) in [6, 6.07) is 7.59. The van der Waals surface area contributed by atoms with Gasteiger partial charge >= 0.3 is 6.09 Å². The first-order chi connectivity index (χ1) is 10.9. The summed E-state index contributed by atoms with van der Waals surface area (Å²) >= 11 is 0. The lowest BCUT2D eigenvalue weighted by Crippen LogP contribution is -2.48. The fourth-order valence-corrected chi connectivity index (χ4v) is 2.85. The third-order valence-corrected chi connectivity index (χ3v) is 4.20. The molecule has 2 unspecified atom stereocenters. The molecule has 0 saturated carbocycles. The van der Waals surface area contributed by atoms with Crippen LogP contribution >= 0.6 is 0 Å². The van der Waals surface area contributed by atoms with Gasteiger partial charge in [-0.05, 0) is 37.2 Å². The number of nitrogens with one attached hydrogen (secondary N) is 1. The van der Waals surface area contributed by atoms with Crippen molar-refractivity contribution in [2.45, 2.75) is 64.0 Å². The van der Waals surface area contributed by atoms with Gasteiger partial charge in [-0.2, -0.15) is 0 Å². The van der Waals surface area contributed by atoms with Crippen LogP contribution in [0.3, 0.4) is 0 Å². The zero-order valence-electron chi connectivity index (χ0n) is 14.3. The monoisotopic (exact) mass is 316 g/mol. The van der Waals surface area contributed by atoms with Crippen LogP contribution in [0.2, 0.25) is 0 Å². The first-order valence-electron chi connectivity index (χ1n) is 8.36. The molecule has 0 saturated heterocycles. The van der Waals surface area contributed by atoms with Gasteiger partial charge in [0.05, 0.1) is 0 Å². The van der Waals surface area contributed by atoms with Gasteiger partial charge < -0.3 is 15.8 Å². The van der Waals surface area contributed by atoms with Crippen LogP contribution in [0, 0.1) is 0 Å². The van der Waals surface area contributed by atoms with E-state index in [0.29, 0.717) is 5.75 Å². The topological polar surface area (TPSA) is 64.3 Å². The van der Waals surface area contributed by atoms with E-state index >= 15 is 0 Å². The van der Waals surface area contributed by atoms with Gasteiger partial charge in [0.25, 0.3) is 0 Å². The second-order valence-corrected chi connectivity index (χ2v) is 7.18. The van der Waals surface area contributed by atoms with Gasteiger partial charge in [-0.1, -0.05) is 51.1 Å². The number of rotatable bonds is 2. The summed E-state index contributed by atoms with van der Waals surface area (Å²) in [7, 11) is 0. The van der Waals surface area contributed by atoms with Gasteiger partial charge in [-0.3, -0.25) is 0 Å². The summed E-state index contributed by atoms with van der Waals surface area (Å²) in [5.41, 5.74) is 7.11. The molecule has 0 aliphatic heterocycles. The average molecular weight is 316 g/mol. The Morgan fingerprint density at radius 3 is 2.52 bits per heavy atom. The van der Waals surface area contributed by atoms with Crippen LogP contribution in [0.15, 0.2) is 36.4 Å². The molecule has 1 amide bonds. The minimum atomic E-state index is -0.424. The smallest absolute Gasteiger partial charge is 0.410 e. The molecular weight excluding hydrogens is 288 g/mol. The molecule has 1 aromatic carbocycles. The number of hydrogen-bond acceptors (Lipinski definition) is 3. The highest BCUT2D eigenvalue weighted by atomic mass is 16.6. The van der Waals surface area contributed by atoms with Gasteiger partial charge in [0.1, 0.15) is 5.75 Å². The van der Waals surface area contributed by atoms with Crippen LogP contribution in [-0.2, 0) is 5.41 Å². The molecule has 0 fully saturated rings. The summed E-state index contributed by atoms with van der Waals surface area (Å²) in [6.07, 6.45) is 7.49. The predicted molar refractivity (Wildman–Crippen MR) is 93.7 cm³/mol. The molecule has 4 heteroatoms. The van der Waals surface area contributed by atoms with E-state index in [-0.39, 0.29) is 17.5 Å². The number of para-hydroxylation sites is 1. The Balaban J connectivity index is 2.03. The lowest BCUT2D eigenvalue weighted by Gasteiger charge is -2.26. The average Bonchev–Trinajstić information content (AvgIpc) is 2.46. The van der Waals surface area contributed by atoms with E-state index in [9.17, 15) is 4.79 Å². The van der Waals surface area contributed by atoms with Crippen molar-refractivity contribution in [3.8, 4) is 5.75 Å². The van der Waals surface area contributed by atoms with Crippen molar-refractivity contribution in [1.29, 1.82) is 0 Å². The Hall–Kier alpha value is -1.81. The molecule has 2 rings (SSSR count). The molecule has 3 N–H and O–H groups in total. The fourth-order valence-electron chi connectivity index (χ4n) is 2.85. The summed E-state index contributed by atoms with van der Waals surface area (Å²) in [5, 5.41) is 2.94. The van der Waals surface area contributed by atoms with Gasteiger partial charge in [0, 0.05) is 17.6 Å².